The predicted molar refractivity (Wildman–Crippen MR) is 118 cm³/mol. The van der Waals surface area contributed by atoms with Crippen molar-refractivity contribution in [3.8, 4) is 11.5 Å². The number of aliphatic hydroxyl groups excluding tert-OH is 1. The molecule has 0 amide bonds. The first-order valence-electron chi connectivity index (χ1n) is 10.5. The van der Waals surface area contributed by atoms with Crippen molar-refractivity contribution >= 4 is 10.0 Å². The molecule has 2 aliphatic rings. The Kier molecular flexibility index (Phi) is 6.25. The van der Waals surface area contributed by atoms with Gasteiger partial charge in [0.1, 0.15) is 16.4 Å². The van der Waals surface area contributed by atoms with Crippen molar-refractivity contribution in [2.75, 3.05) is 47.0 Å². The normalized spacial score (nSPS) is 24.7. The van der Waals surface area contributed by atoms with Crippen LogP contribution in [0.1, 0.15) is 12.0 Å². The van der Waals surface area contributed by atoms with Crippen molar-refractivity contribution in [1.82, 2.24) is 9.21 Å². The highest BCUT2D eigenvalue weighted by atomic mass is 32.2. The first kappa shape index (κ1) is 22.1. The maximum atomic E-state index is 13.5. The Morgan fingerprint density at radius 3 is 2.55 bits per heavy atom. The molecule has 2 fully saturated rings. The van der Waals surface area contributed by atoms with E-state index in [4.69, 9.17) is 9.47 Å². The number of nitrogens with zero attached hydrogens (tertiary/aromatic N) is 2. The molecule has 1 N–H and O–H groups in total. The Hall–Kier alpha value is -2.13. The number of benzene rings is 2. The van der Waals surface area contributed by atoms with Crippen molar-refractivity contribution in [2.24, 2.45) is 11.3 Å². The number of rotatable bonds is 7. The van der Waals surface area contributed by atoms with Gasteiger partial charge in [0.25, 0.3) is 0 Å². The molecule has 0 radical (unpaired) electrons. The summed E-state index contributed by atoms with van der Waals surface area (Å²) in [4.78, 5) is 2.45. The first-order chi connectivity index (χ1) is 14.9. The van der Waals surface area contributed by atoms with E-state index in [0.717, 1.165) is 19.6 Å². The standard InChI is InChI=1S/C23H30N2O5S/c1-29-20-8-9-21(30-2)22(12-20)31(27,28)25-11-10-23(17-26)16-24(14-19(23)15-25)13-18-6-4-3-5-7-18/h3-9,12,19,26H,10-11,13-17H2,1-2H3/t19-,23-/m0/s1. The second-order valence-corrected chi connectivity index (χ2v) is 10.4. The van der Waals surface area contributed by atoms with Crippen LogP contribution in [0.5, 0.6) is 11.5 Å². The molecule has 2 aromatic rings. The molecule has 31 heavy (non-hydrogen) atoms. The Morgan fingerprint density at radius 2 is 1.87 bits per heavy atom. The molecular weight excluding hydrogens is 416 g/mol. The lowest BCUT2D eigenvalue weighted by Crippen LogP contribution is -2.50. The summed E-state index contributed by atoms with van der Waals surface area (Å²) < 4.78 is 39.1. The lowest BCUT2D eigenvalue weighted by Gasteiger charge is -2.42. The zero-order chi connectivity index (χ0) is 22.1. The molecule has 168 valence electrons. The number of ether oxygens (including phenoxy) is 2. The number of likely N-dealkylation sites (tertiary alicyclic amines) is 1. The van der Waals surface area contributed by atoms with Gasteiger partial charge < -0.3 is 14.6 Å². The molecule has 7 nitrogen and oxygen atoms in total. The number of sulfonamides is 1. The fraction of sp³-hybridized carbons (Fsp3) is 0.478. The van der Waals surface area contributed by atoms with Gasteiger partial charge in [-0.15, -0.1) is 0 Å². The fourth-order valence-electron chi connectivity index (χ4n) is 4.93. The second-order valence-electron chi connectivity index (χ2n) is 8.50. The van der Waals surface area contributed by atoms with Crippen LogP contribution >= 0.6 is 0 Å². The molecule has 0 saturated carbocycles. The number of piperidine rings is 1. The van der Waals surface area contributed by atoms with E-state index >= 15 is 0 Å². The molecule has 8 heteroatoms. The highest BCUT2D eigenvalue weighted by molar-refractivity contribution is 7.89. The summed E-state index contributed by atoms with van der Waals surface area (Å²) in [5.74, 6) is 0.842. The van der Waals surface area contributed by atoms with Crippen molar-refractivity contribution in [3.05, 3.63) is 54.1 Å². The third kappa shape index (κ3) is 4.17. The molecule has 4 rings (SSSR count). The molecular formula is C23H30N2O5S. The zero-order valence-corrected chi connectivity index (χ0v) is 18.8. The zero-order valence-electron chi connectivity index (χ0n) is 18.0. The molecule has 0 bridgehead atoms. The van der Waals surface area contributed by atoms with E-state index < -0.39 is 10.0 Å². The summed E-state index contributed by atoms with van der Waals surface area (Å²) in [5, 5.41) is 10.3. The molecule has 0 spiro atoms. The lowest BCUT2D eigenvalue weighted by atomic mass is 9.74. The van der Waals surface area contributed by atoms with Crippen molar-refractivity contribution < 1.29 is 23.0 Å². The maximum absolute atomic E-state index is 13.5. The van der Waals surface area contributed by atoms with Gasteiger partial charge in [0.2, 0.25) is 10.0 Å². The summed E-state index contributed by atoms with van der Waals surface area (Å²) in [6.07, 6.45) is 0.630. The Bertz CT molecular complexity index is 1010. The van der Waals surface area contributed by atoms with Gasteiger partial charge in [0, 0.05) is 44.2 Å². The average Bonchev–Trinajstić information content (AvgIpc) is 3.16. The quantitative estimate of drug-likeness (QED) is 0.703. The summed E-state index contributed by atoms with van der Waals surface area (Å²) in [7, 11) is -0.786. The van der Waals surface area contributed by atoms with E-state index in [1.54, 1.807) is 12.1 Å². The minimum Gasteiger partial charge on any atom is -0.497 e. The fourth-order valence-corrected chi connectivity index (χ4v) is 6.58. The van der Waals surface area contributed by atoms with Crippen LogP contribution in [0, 0.1) is 11.3 Å². The summed E-state index contributed by atoms with van der Waals surface area (Å²) in [6, 6.07) is 15.1. The van der Waals surface area contributed by atoms with E-state index in [2.05, 4.69) is 17.0 Å². The predicted octanol–water partition coefficient (Wildman–Crippen LogP) is 2.21. The number of hydrogen-bond donors (Lipinski definition) is 1. The van der Waals surface area contributed by atoms with E-state index in [9.17, 15) is 13.5 Å². The smallest absolute Gasteiger partial charge is 0.246 e. The summed E-state index contributed by atoms with van der Waals surface area (Å²) >= 11 is 0. The summed E-state index contributed by atoms with van der Waals surface area (Å²) in [6.45, 7) is 3.17. The van der Waals surface area contributed by atoms with Gasteiger partial charge in [-0.25, -0.2) is 8.42 Å². The van der Waals surface area contributed by atoms with E-state index in [-0.39, 0.29) is 22.8 Å². The highest BCUT2D eigenvalue weighted by Gasteiger charge is 2.51. The second kappa shape index (κ2) is 8.78. The van der Waals surface area contributed by atoms with Crippen LogP contribution in [0.25, 0.3) is 0 Å². The molecule has 0 unspecified atom stereocenters. The lowest BCUT2D eigenvalue weighted by molar-refractivity contribution is 0.0436. The van der Waals surface area contributed by atoms with Gasteiger partial charge in [-0.3, -0.25) is 4.90 Å². The monoisotopic (exact) mass is 446 g/mol. The van der Waals surface area contributed by atoms with Gasteiger partial charge in [-0.2, -0.15) is 4.31 Å². The van der Waals surface area contributed by atoms with Crippen molar-refractivity contribution in [2.45, 2.75) is 17.9 Å². The number of fused-ring (bicyclic) bond motifs is 1. The van der Waals surface area contributed by atoms with Crippen molar-refractivity contribution in [1.29, 1.82) is 0 Å². The minimum absolute atomic E-state index is 0.0688. The maximum Gasteiger partial charge on any atom is 0.246 e. The number of aliphatic hydroxyl groups is 1. The number of methoxy groups -OCH3 is 2. The summed E-state index contributed by atoms with van der Waals surface area (Å²) in [5.41, 5.74) is 0.957. The Balaban J connectivity index is 1.56. The molecule has 0 aromatic heterocycles. The van der Waals surface area contributed by atoms with Gasteiger partial charge in [0.15, 0.2) is 0 Å². The van der Waals surface area contributed by atoms with Crippen LogP contribution in [-0.4, -0.2) is 69.7 Å². The van der Waals surface area contributed by atoms with Crippen LogP contribution in [0.15, 0.2) is 53.4 Å². The van der Waals surface area contributed by atoms with Crippen LogP contribution in [0.3, 0.4) is 0 Å². The van der Waals surface area contributed by atoms with Crippen LogP contribution < -0.4 is 9.47 Å². The van der Waals surface area contributed by atoms with Crippen LogP contribution in [-0.2, 0) is 16.6 Å². The largest absolute Gasteiger partial charge is 0.497 e. The third-order valence-corrected chi connectivity index (χ3v) is 8.61. The SMILES string of the molecule is COc1ccc(OC)c(S(=O)(=O)N2CC[C@@]3(CO)CN(Cc4ccccc4)C[C@H]3C2)c1. The number of hydrogen-bond acceptors (Lipinski definition) is 6. The van der Waals surface area contributed by atoms with Gasteiger partial charge >= 0.3 is 0 Å². The molecule has 0 aliphatic carbocycles. The van der Waals surface area contributed by atoms with Gasteiger partial charge in [-0.1, -0.05) is 30.3 Å². The van der Waals surface area contributed by atoms with Gasteiger partial charge in [-0.05, 0) is 30.0 Å². The average molecular weight is 447 g/mol. The molecule has 2 saturated heterocycles. The van der Waals surface area contributed by atoms with E-state index in [1.165, 1.54) is 30.2 Å². The Morgan fingerprint density at radius 1 is 1.10 bits per heavy atom. The molecule has 2 aromatic carbocycles. The molecule has 2 aliphatic heterocycles. The Labute approximate surface area is 184 Å². The van der Waals surface area contributed by atoms with E-state index in [0.29, 0.717) is 31.0 Å². The van der Waals surface area contributed by atoms with Crippen molar-refractivity contribution in [3.63, 3.8) is 0 Å². The highest BCUT2D eigenvalue weighted by Crippen LogP contribution is 2.44. The minimum atomic E-state index is -3.76. The first-order valence-corrected chi connectivity index (χ1v) is 12.0. The molecule has 2 heterocycles. The van der Waals surface area contributed by atoms with E-state index in [1.807, 2.05) is 18.2 Å². The van der Waals surface area contributed by atoms with Crippen LogP contribution in [0.4, 0.5) is 0 Å². The van der Waals surface area contributed by atoms with Gasteiger partial charge in [0.05, 0.1) is 20.8 Å². The topological polar surface area (TPSA) is 79.3 Å². The third-order valence-electron chi connectivity index (χ3n) is 6.72. The molecule has 2 atom stereocenters. The van der Waals surface area contributed by atoms with Crippen LogP contribution in [0.2, 0.25) is 0 Å².